The van der Waals surface area contributed by atoms with E-state index < -0.39 is 23.8 Å². The van der Waals surface area contributed by atoms with E-state index in [1.807, 2.05) is 0 Å². The van der Waals surface area contributed by atoms with Gasteiger partial charge in [0.25, 0.3) is 5.91 Å². The molecule has 0 aliphatic heterocycles. The van der Waals surface area contributed by atoms with Gasteiger partial charge >= 0.3 is 5.97 Å². The molecule has 0 unspecified atom stereocenters. The Morgan fingerprint density at radius 1 is 1.17 bits per heavy atom. The first-order valence-electron chi connectivity index (χ1n) is 7.15. The molecule has 124 valence electrons. The number of benzene rings is 2. The Balaban J connectivity index is 1.90. The Kier molecular flexibility index (Phi) is 6.26. The third kappa shape index (κ3) is 5.31. The molecule has 1 amide bonds. The molecule has 0 radical (unpaired) electrons. The highest BCUT2D eigenvalue weighted by Gasteiger charge is 2.16. The lowest BCUT2D eigenvalue weighted by Gasteiger charge is -2.12. The quantitative estimate of drug-likeness (QED) is 0.614. The highest BCUT2D eigenvalue weighted by Crippen LogP contribution is 2.14. The van der Waals surface area contributed by atoms with Gasteiger partial charge in [0, 0.05) is 21.8 Å². The van der Waals surface area contributed by atoms with E-state index in [0.717, 1.165) is 10.5 Å². The molecule has 2 rings (SSSR count). The monoisotopic (exact) mass is 391 g/mol. The highest BCUT2D eigenvalue weighted by molar-refractivity contribution is 9.10. The minimum atomic E-state index is -0.980. The highest BCUT2D eigenvalue weighted by atomic mass is 79.9. The van der Waals surface area contributed by atoms with E-state index in [1.54, 1.807) is 36.4 Å². The summed E-state index contributed by atoms with van der Waals surface area (Å²) in [6.07, 6.45) is 1.41. The summed E-state index contributed by atoms with van der Waals surface area (Å²) < 4.78 is 19.3. The van der Waals surface area contributed by atoms with Crippen molar-refractivity contribution in [3.8, 4) is 0 Å². The predicted octanol–water partition coefficient (Wildman–Crippen LogP) is 4.17. The summed E-state index contributed by atoms with van der Waals surface area (Å²) in [6.45, 7) is 1.46. The van der Waals surface area contributed by atoms with Crippen LogP contribution in [0, 0.1) is 5.82 Å². The van der Waals surface area contributed by atoms with Gasteiger partial charge < -0.3 is 10.1 Å². The van der Waals surface area contributed by atoms with E-state index in [1.165, 1.54) is 25.1 Å². The minimum absolute atomic E-state index is 0.265. The van der Waals surface area contributed by atoms with Crippen molar-refractivity contribution in [1.82, 2.24) is 0 Å². The van der Waals surface area contributed by atoms with E-state index >= 15 is 0 Å². The largest absolute Gasteiger partial charge is 0.449 e. The van der Waals surface area contributed by atoms with Crippen molar-refractivity contribution >= 4 is 39.6 Å². The Bertz CT molecular complexity index is 759. The van der Waals surface area contributed by atoms with Crippen molar-refractivity contribution in [3.63, 3.8) is 0 Å². The molecule has 0 aromatic heterocycles. The molecule has 0 aliphatic rings. The van der Waals surface area contributed by atoms with Crippen LogP contribution in [0.4, 0.5) is 10.1 Å². The van der Waals surface area contributed by atoms with Crippen LogP contribution in [0.2, 0.25) is 0 Å². The number of anilines is 1. The predicted molar refractivity (Wildman–Crippen MR) is 93.8 cm³/mol. The van der Waals surface area contributed by atoms with Crippen LogP contribution in [0.1, 0.15) is 12.5 Å². The first-order chi connectivity index (χ1) is 11.5. The molecule has 2 aromatic carbocycles. The lowest BCUT2D eigenvalue weighted by atomic mass is 10.2. The van der Waals surface area contributed by atoms with Gasteiger partial charge in [-0.2, -0.15) is 0 Å². The second kappa shape index (κ2) is 8.40. The third-order valence-corrected chi connectivity index (χ3v) is 3.61. The maximum absolute atomic E-state index is 13.4. The van der Waals surface area contributed by atoms with Crippen molar-refractivity contribution in [3.05, 3.63) is 70.5 Å². The number of ether oxygens (including phenoxy) is 1. The van der Waals surface area contributed by atoms with Gasteiger partial charge in [-0.05, 0) is 43.3 Å². The van der Waals surface area contributed by atoms with Crippen molar-refractivity contribution < 1.29 is 18.7 Å². The fourth-order valence-corrected chi connectivity index (χ4v) is 2.08. The van der Waals surface area contributed by atoms with Crippen LogP contribution in [-0.2, 0) is 14.3 Å². The van der Waals surface area contributed by atoms with Gasteiger partial charge in [-0.3, -0.25) is 4.79 Å². The number of hydrogen-bond acceptors (Lipinski definition) is 3. The summed E-state index contributed by atoms with van der Waals surface area (Å²) >= 11 is 3.30. The second-order valence-electron chi connectivity index (χ2n) is 4.93. The van der Waals surface area contributed by atoms with E-state index in [2.05, 4.69) is 21.2 Å². The molecule has 0 saturated carbocycles. The van der Waals surface area contributed by atoms with Crippen molar-refractivity contribution in [2.24, 2.45) is 0 Å². The van der Waals surface area contributed by atoms with Crippen molar-refractivity contribution in [2.75, 3.05) is 5.32 Å². The molecule has 0 spiro atoms. The Morgan fingerprint density at radius 3 is 2.50 bits per heavy atom. The number of amides is 1. The molecule has 2 aromatic rings. The van der Waals surface area contributed by atoms with Gasteiger partial charge in [-0.25, -0.2) is 9.18 Å². The zero-order valence-corrected chi connectivity index (χ0v) is 14.4. The van der Waals surface area contributed by atoms with Gasteiger partial charge in [0.15, 0.2) is 6.10 Å². The molecular weight excluding hydrogens is 377 g/mol. The lowest BCUT2D eigenvalue weighted by Crippen LogP contribution is -2.29. The van der Waals surface area contributed by atoms with Crippen LogP contribution in [0.5, 0.6) is 0 Å². The number of esters is 1. The zero-order chi connectivity index (χ0) is 17.5. The molecule has 0 heterocycles. The average molecular weight is 392 g/mol. The number of carbonyl (C=O) groups is 2. The van der Waals surface area contributed by atoms with Crippen LogP contribution in [0.3, 0.4) is 0 Å². The standard InChI is InChI=1S/C18H15BrFNO3/c1-12(18(23)21-15-9-7-14(19)8-10-15)24-17(22)11-6-13-4-2-3-5-16(13)20/h2-12H,1H3,(H,21,23)/b11-6+/t12-/m1/s1. The van der Waals surface area contributed by atoms with Crippen LogP contribution in [0.15, 0.2) is 59.1 Å². The lowest BCUT2D eigenvalue weighted by molar-refractivity contribution is -0.148. The minimum Gasteiger partial charge on any atom is -0.449 e. The van der Waals surface area contributed by atoms with E-state index in [0.29, 0.717) is 5.69 Å². The molecule has 0 aliphatic carbocycles. The number of carbonyl (C=O) groups excluding carboxylic acids is 2. The fraction of sp³-hybridized carbons (Fsp3) is 0.111. The fourth-order valence-electron chi connectivity index (χ4n) is 1.81. The van der Waals surface area contributed by atoms with Gasteiger partial charge in [0.2, 0.25) is 0 Å². The average Bonchev–Trinajstić information content (AvgIpc) is 2.56. The topological polar surface area (TPSA) is 55.4 Å². The zero-order valence-electron chi connectivity index (χ0n) is 12.8. The maximum atomic E-state index is 13.4. The Morgan fingerprint density at radius 2 is 1.83 bits per heavy atom. The van der Waals surface area contributed by atoms with Crippen molar-refractivity contribution in [2.45, 2.75) is 13.0 Å². The third-order valence-electron chi connectivity index (χ3n) is 3.08. The molecule has 0 bridgehead atoms. The van der Waals surface area contributed by atoms with Gasteiger partial charge in [-0.1, -0.05) is 34.1 Å². The summed E-state index contributed by atoms with van der Waals surface area (Å²) in [5.41, 5.74) is 0.856. The number of hydrogen-bond donors (Lipinski definition) is 1. The first kappa shape index (κ1) is 17.9. The van der Waals surface area contributed by atoms with Crippen LogP contribution in [-0.4, -0.2) is 18.0 Å². The molecule has 0 saturated heterocycles. The van der Waals surface area contributed by atoms with E-state index in [-0.39, 0.29) is 5.56 Å². The summed E-state index contributed by atoms with van der Waals surface area (Å²) in [4.78, 5) is 23.7. The molecule has 24 heavy (non-hydrogen) atoms. The van der Waals surface area contributed by atoms with Crippen LogP contribution >= 0.6 is 15.9 Å². The van der Waals surface area contributed by atoms with Crippen LogP contribution < -0.4 is 5.32 Å². The first-order valence-corrected chi connectivity index (χ1v) is 7.94. The number of halogens is 2. The molecule has 1 N–H and O–H groups in total. The van der Waals surface area contributed by atoms with Gasteiger partial charge in [0.1, 0.15) is 5.82 Å². The Labute approximate surface area is 147 Å². The maximum Gasteiger partial charge on any atom is 0.331 e. The van der Waals surface area contributed by atoms with E-state index in [9.17, 15) is 14.0 Å². The summed E-state index contributed by atoms with van der Waals surface area (Å²) in [6, 6.07) is 13.0. The number of rotatable bonds is 5. The summed E-state index contributed by atoms with van der Waals surface area (Å²) in [5, 5.41) is 2.64. The molecule has 6 heteroatoms. The van der Waals surface area contributed by atoms with Gasteiger partial charge in [0.05, 0.1) is 0 Å². The SMILES string of the molecule is C[C@@H](OC(=O)/C=C/c1ccccc1F)C(=O)Nc1ccc(Br)cc1. The smallest absolute Gasteiger partial charge is 0.331 e. The second-order valence-corrected chi connectivity index (χ2v) is 5.85. The normalized spacial score (nSPS) is 12.0. The van der Waals surface area contributed by atoms with Crippen LogP contribution in [0.25, 0.3) is 6.08 Å². The number of nitrogens with one attached hydrogen (secondary N) is 1. The summed E-state index contributed by atoms with van der Waals surface area (Å²) in [7, 11) is 0. The molecule has 0 fully saturated rings. The molecular formula is C18H15BrFNO3. The van der Waals surface area contributed by atoms with Gasteiger partial charge in [-0.15, -0.1) is 0 Å². The van der Waals surface area contributed by atoms with E-state index in [4.69, 9.17) is 4.74 Å². The molecule has 4 nitrogen and oxygen atoms in total. The Hall–Kier alpha value is -2.47. The summed E-state index contributed by atoms with van der Waals surface area (Å²) in [5.74, 6) is -1.62. The molecule has 1 atom stereocenters. The van der Waals surface area contributed by atoms with Crippen molar-refractivity contribution in [1.29, 1.82) is 0 Å².